The SMILES string of the molecule is CCc1ccc(NC(=O)Nc2ccccc2OC)cc1. The van der Waals surface area contributed by atoms with Crippen LogP contribution in [-0.2, 0) is 6.42 Å². The van der Waals surface area contributed by atoms with Gasteiger partial charge in [-0.05, 0) is 36.2 Å². The molecular formula is C16H18N2O2. The monoisotopic (exact) mass is 270 g/mol. The van der Waals surface area contributed by atoms with Crippen molar-refractivity contribution in [3.63, 3.8) is 0 Å². The van der Waals surface area contributed by atoms with E-state index in [1.54, 1.807) is 19.2 Å². The van der Waals surface area contributed by atoms with Crippen LogP contribution in [0.15, 0.2) is 48.5 Å². The van der Waals surface area contributed by atoms with Crippen molar-refractivity contribution >= 4 is 17.4 Å². The fourth-order valence-corrected chi connectivity index (χ4v) is 1.86. The van der Waals surface area contributed by atoms with Crippen LogP contribution in [0.5, 0.6) is 5.75 Å². The quantitative estimate of drug-likeness (QED) is 0.885. The largest absolute Gasteiger partial charge is 0.495 e. The van der Waals surface area contributed by atoms with Gasteiger partial charge in [0.2, 0.25) is 0 Å². The Morgan fingerprint density at radius 2 is 1.75 bits per heavy atom. The van der Waals surface area contributed by atoms with Crippen LogP contribution in [0.4, 0.5) is 16.2 Å². The van der Waals surface area contributed by atoms with Gasteiger partial charge in [0.15, 0.2) is 0 Å². The lowest BCUT2D eigenvalue weighted by molar-refractivity contribution is 0.262. The molecule has 2 amide bonds. The molecule has 0 spiro atoms. The summed E-state index contributed by atoms with van der Waals surface area (Å²) < 4.78 is 5.18. The molecule has 0 saturated heterocycles. The molecule has 0 saturated carbocycles. The first-order valence-corrected chi connectivity index (χ1v) is 6.53. The van der Waals surface area contributed by atoms with Crippen LogP contribution in [-0.4, -0.2) is 13.1 Å². The van der Waals surface area contributed by atoms with Crippen molar-refractivity contribution in [2.75, 3.05) is 17.7 Å². The number of amides is 2. The number of carbonyl (C=O) groups is 1. The maximum absolute atomic E-state index is 11.9. The minimum absolute atomic E-state index is 0.293. The third kappa shape index (κ3) is 3.51. The van der Waals surface area contributed by atoms with Gasteiger partial charge in [-0.15, -0.1) is 0 Å². The van der Waals surface area contributed by atoms with E-state index in [1.807, 2.05) is 36.4 Å². The summed E-state index contributed by atoms with van der Waals surface area (Å²) in [5.41, 5.74) is 2.63. The number of carbonyl (C=O) groups excluding carboxylic acids is 1. The second kappa shape index (κ2) is 6.61. The van der Waals surface area contributed by atoms with E-state index in [9.17, 15) is 4.79 Å². The zero-order valence-electron chi connectivity index (χ0n) is 11.6. The number of methoxy groups -OCH3 is 1. The molecule has 0 bridgehead atoms. The summed E-state index contributed by atoms with van der Waals surface area (Å²) in [6.07, 6.45) is 0.980. The lowest BCUT2D eigenvalue weighted by atomic mass is 10.1. The smallest absolute Gasteiger partial charge is 0.323 e. The number of nitrogens with one attached hydrogen (secondary N) is 2. The molecule has 0 unspecified atom stereocenters. The van der Waals surface area contributed by atoms with Crippen LogP contribution in [0.1, 0.15) is 12.5 Å². The van der Waals surface area contributed by atoms with Crippen molar-refractivity contribution < 1.29 is 9.53 Å². The van der Waals surface area contributed by atoms with Crippen molar-refractivity contribution in [1.82, 2.24) is 0 Å². The van der Waals surface area contributed by atoms with Crippen LogP contribution in [0.2, 0.25) is 0 Å². The molecule has 0 fully saturated rings. The van der Waals surface area contributed by atoms with Gasteiger partial charge >= 0.3 is 6.03 Å². The fourth-order valence-electron chi connectivity index (χ4n) is 1.86. The average molecular weight is 270 g/mol. The number of hydrogen-bond donors (Lipinski definition) is 2. The second-order valence-corrected chi connectivity index (χ2v) is 4.33. The molecule has 0 heterocycles. The van der Waals surface area contributed by atoms with Crippen LogP contribution in [0.3, 0.4) is 0 Å². The Hall–Kier alpha value is -2.49. The van der Waals surface area contributed by atoms with Gasteiger partial charge in [0, 0.05) is 5.69 Å². The minimum atomic E-state index is -0.293. The molecule has 0 radical (unpaired) electrons. The van der Waals surface area contributed by atoms with Gasteiger partial charge in [-0.3, -0.25) is 0 Å². The van der Waals surface area contributed by atoms with Gasteiger partial charge in [-0.1, -0.05) is 31.2 Å². The number of aryl methyl sites for hydroxylation is 1. The molecule has 4 nitrogen and oxygen atoms in total. The van der Waals surface area contributed by atoms with Crippen molar-refractivity contribution in [2.24, 2.45) is 0 Å². The van der Waals surface area contributed by atoms with Gasteiger partial charge in [0.25, 0.3) is 0 Å². The molecule has 0 aliphatic heterocycles. The predicted molar refractivity (Wildman–Crippen MR) is 81.5 cm³/mol. The molecule has 0 aliphatic rings. The number of hydrogen-bond acceptors (Lipinski definition) is 2. The third-order valence-corrected chi connectivity index (χ3v) is 2.98. The van der Waals surface area contributed by atoms with E-state index in [-0.39, 0.29) is 6.03 Å². The molecule has 0 atom stereocenters. The summed E-state index contributed by atoms with van der Waals surface area (Å²) in [5, 5.41) is 5.55. The Morgan fingerprint density at radius 1 is 1.05 bits per heavy atom. The predicted octanol–water partition coefficient (Wildman–Crippen LogP) is 3.90. The Morgan fingerprint density at radius 3 is 2.40 bits per heavy atom. The zero-order valence-corrected chi connectivity index (χ0v) is 11.6. The summed E-state index contributed by atoms with van der Waals surface area (Å²) in [6.45, 7) is 2.09. The number of rotatable bonds is 4. The Labute approximate surface area is 118 Å². The maximum Gasteiger partial charge on any atom is 0.323 e. The highest BCUT2D eigenvalue weighted by Gasteiger charge is 2.06. The Balaban J connectivity index is 2.01. The molecule has 0 aliphatic carbocycles. The highest BCUT2D eigenvalue weighted by molar-refractivity contribution is 6.00. The summed E-state index contributed by atoms with van der Waals surface area (Å²) in [5.74, 6) is 0.629. The first kappa shape index (κ1) is 13.9. The standard InChI is InChI=1S/C16H18N2O2/c1-3-12-8-10-13(11-9-12)17-16(19)18-14-6-4-5-7-15(14)20-2/h4-11H,3H2,1-2H3,(H2,17,18,19). The van der Waals surface area contributed by atoms with Crippen LogP contribution >= 0.6 is 0 Å². The first-order chi connectivity index (χ1) is 9.72. The summed E-state index contributed by atoms with van der Waals surface area (Å²) >= 11 is 0. The van der Waals surface area contributed by atoms with Crippen LogP contribution in [0, 0.1) is 0 Å². The summed E-state index contributed by atoms with van der Waals surface area (Å²) in [6, 6.07) is 14.8. The van der Waals surface area contributed by atoms with Crippen molar-refractivity contribution in [3.8, 4) is 5.75 Å². The second-order valence-electron chi connectivity index (χ2n) is 4.33. The zero-order chi connectivity index (χ0) is 14.4. The lowest BCUT2D eigenvalue weighted by Crippen LogP contribution is -2.19. The van der Waals surface area contributed by atoms with Crippen LogP contribution < -0.4 is 15.4 Å². The van der Waals surface area contributed by atoms with E-state index in [2.05, 4.69) is 17.6 Å². The van der Waals surface area contributed by atoms with E-state index >= 15 is 0 Å². The molecule has 2 rings (SSSR count). The van der Waals surface area contributed by atoms with Gasteiger partial charge in [-0.25, -0.2) is 4.79 Å². The number of urea groups is 1. The summed E-state index contributed by atoms with van der Waals surface area (Å²) in [4.78, 5) is 11.9. The van der Waals surface area contributed by atoms with Crippen molar-refractivity contribution in [2.45, 2.75) is 13.3 Å². The molecule has 104 valence electrons. The van der Waals surface area contributed by atoms with Gasteiger partial charge in [0.05, 0.1) is 12.8 Å². The number of benzene rings is 2. The first-order valence-electron chi connectivity index (χ1n) is 6.53. The molecule has 20 heavy (non-hydrogen) atoms. The van der Waals surface area contributed by atoms with Gasteiger partial charge in [0.1, 0.15) is 5.75 Å². The third-order valence-electron chi connectivity index (χ3n) is 2.98. The molecule has 2 aromatic carbocycles. The summed E-state index contributed by atoms with van der Waals surface area (Å²) in [7, 11) is 1.57. The normalized spacial score (nSPS) is 9.90. The van der Waals surface area contributed by atoms with Crippen molar-refractivity contribution in [3.05, 3.63) is 54.1 Å². The maximum atomic E-state index is 11.9. The Bertz CT molecular complexity index is 579. The minimum Gasteiger partial charge on any atom is -0.495 e. The van der Waals surface area contributed by atoms with E-state index < -0.39 is 0 Å². The highest BCUT2D eigenvalue weighted by atomic mass is 16.5. The van der Waals surface area contributed by atoms with Crippen LogP contribution in [0.25, 0.3) is 0 Å². The molecule has 2 aromatic rings. The molecule has 4 heteroatoms. The lowest BCUT2D eigenvalue weighted by Gasteiger charge is -2.11. The average Bonchev–Trinajstić information content (AvgIpc) is 2.48. The number of para-hydroxylation sites is 2. The molecular weight excluding hydrogens is 252 g/mol. The fraction of sp³-hybridized carbons (Fsp3) is 0.188. The van der Waals surface area contributed by atoms with Gasteiger partial charge in [-0.2, -0.15) is 0 Å². The van der Waals surface area contributed by atoms with Crippen molar-refractivity contribution in [1.29, 1.82) is 0 Å². The number of anilines is 2. The Kier molecular flexibility index (Phi) is 4.60. The number of ether oxygens (including phenoxy) is 1. The molecule has 2 N–H and O–H groups in total. The molecule has 0 aromatic heterocycles. The highest BCUT2D eigenvalue weighted by Crippen LogP contribution is 2.23. The van der Waals surface area contributed by atoms with E-state index in [0.717, 1.165) is 12.1 Å². The van der Waals surface area contributed by atoms with Gasteiger partial charge < -0.3 is 15.4 Å². The van der Waals surface area contributed by atoms with E-state index in [0.29, 0.717) is 11.4 Å². The van der Waals surface area contributed by atoms with E-state index in [1.165, 1.54) is 5.56 Å². The topological polar surface area (TPSA) is 50.4 Å². The van der Waals surface area contributed by atoms with E-state index in [4.69, 9.17) is 4.74 Å².